The summed E-state index contributed by atoms with van der Waals surface area (Å²) in [5.74, 6) is 0. The van der Waals surface area contributed by atoms with E-state index in [1.54, 1.807) is 0 Å². The van der Waals surface area contributed by atoms with Crippen LogP contribution in [0.5, 0.6) is 0 Å². The zero-order chi connectivity index (χ0) is 18.2. The minimum atomic E-state index is -0.0575. The number of rotatable bonds is 10. The van der Waals surface area contributed by atoms with E-state index < -0.39 is 0 Å². The summed E-state index contributed by atoms with van der Waals surface area (Å²) in [5, 5.41) is 9.09. The van der Waals surface area contributed by atoms with Gasteiger partial charge in [0.15, 0.2) is 0 Å². The van der Waals surface area contributed by atoms with Crippen molar-refractivity contribution in [2.45, 2.75) is 70.6 Å². The van der Waals surface area contributed by atoms with Gasteiger partial charge in [-0.1, -0.05) is 69.9 Å². The van der Waals surface area contributed by atoms with E-state index in [-0.39, 0.29) is 11.8 Å². The summed E-state index contributed by atoms with van der Waals surface area (Å²) in [5.41, 5.74) is 1.24. The summed E-state index contributed by atoms with van der Waals surface area (Å²) < 4.78 is 6.32. The summed E-state index contributed by atoms with van der Waals surface area (Å²) in [7, 11) is 0. The van der Waals surface area contributed by atoms with Crippen molar-refractivity contribution in [3.8, 4) is 0 Å². The first-order valence-corrected chi connectivity index (χ1v) is 10.8. The number of nitrogens with zero attached hydrogens (tertiary/aromatic N) is 2. The second-order valence-corrected chi connectivity index (χ2v) is 7.75. The Labute approximate surface area is 159 Å². The topological polar surface area (TPSA) is 27.7 Å². The van der Waals surface area contributed by atoms with Crippen LogP contribution in [0, 0.1) is 0 Å². The van der Waals surface area contributed by atoms with Crippen molar-refractivity contribution in [2.24, 2.45) is 0 Å². The maximum atomic E-state index is 6.32. The van der Waals surface area contributed by atoms with E-state index in [4.69, 9.17) is 4.74 Å². The first-order valence-electron chi connectivity index (χ1n) is 10.8. The van der Waals surface area contributed by atoms with Crippen LogP contribution >= 0.6 is 0 Å². The quantitative estimate of drug-likeness (QED) is 0.629. The highest BCUT2D eigenvalue weighted by molar-refractivity contribution is 5.24. The van der Waals surface area contributed by atoms with Crippen LogP contribution in [-0.2, 0) is 4.74 Å². The fraction of sp³-hybridized carbons (Fsp3) is 0.727. The van der Waals surface area contributed by atoms with E-state index in [1.165, 1.54) is 57.2 Å². The fourth-order valence-corrected chi connectivity index (χ4v) is 4.41. The molecule has 2 saturated heterocycles. The van der Waals surface area contributed by atoms with Crippen molar-refractivity contribution in [1.82, 2.24) is 15.3 Å². The smallest absolute Gasteiger partial charge is 0.117 e. The lowest BCUT2D eigenvalue weighted by molar-refractivity contribution is -0.257. The van der Waals surface area contributed by atoms with E-state index in [0.717, 1.165) is 26.1 Å². The number of morpholine rings is 1. The number of hydrogen-bond donors (Lipinski definition) is 1. The summed E-state index contributed by atoms with van der Waals surface area (Å²) >= 11 is 0. The molecule has 3 rings (SSSR count). The average Bonchev–Trinajstić information content (AvgIpc) is 2.68. The molecule has 2 atom stereocenters. The van der Waals surface area contributed by atoms with Crippen LogP contribution < -0.4 is 5.32 Å². The maximum absolute atomic E-state index is 6.32. The number of ether oxygens (including phenoxy) is 1. The predicted molar refractivity (Wildman–Crippen MR) is 108 cm³/mol. The Morgan fingerprint density at radius 1 is 1.08 bits per heavy atom. The Balaban J connectivity index is 1.75. The minimum absolute atomic E-state index is 0.0575. The highest BCUT2D eigenvalue weighted by Crippen LogP contribution is 2.44. The van der Waals surface area contributed by atoms with Gasteiger partial charge >= 0.3 is 0 Å². The van der Waals surface area contributed by atoms with Crippen LogP contribution in [0.4, 0.5) is 0 Å². The molecule has 2 aliphatic heterocycles. The van der Waals surface area contributed by atoms with Gasteiger partial charge in [0, 0.05) is 26.2 Å². The molecule has 0 aromatic heterocycles. The van der Waals surface area contributed by atoms with Crippen LogP contribution in [0.25, 0.3) is 0 Å². The average molecular weight is 360 g/mol. The zero-order valence-corrected chi connectivity index (χ0v) is 16.8. The van der Waals surface area contributed by atoms with E-state index in [1.807, 2.05) is 0 Å². The third-order valence-corrected chi connectivity index (χ3v) is 5.90. The van der Waals surface area contributed by atoms with Crippen molar-refractivity contribution in [3.05, 3.63) is 35.9 Å². The first-order chi connectivity index (χ1) is 12.8. The van der Waals surface area contributed by atoms with Crippen LogP contribution in [0.2, 0.25) is 0 Å². The van der Waals surface area contributed by atoms with E-state index in [0.29, 0.717) is 0 Å². The van der Waals surface area contributed by atoms with Crippen molar-refractivity contribution < 1.29 is 4.74 Å². The number of benzene rings is 1. The molecule has 0 amide bonds. The molecule has 0 radical (unpaired) electrons. The molecule has 0 bridgehead atoms. The van der Waals surface area contributed by atoms with Crippen LogP contribution in [0.3, 0.4) is 0 Å². The monoisotopic (exact) mass is 359 g/mol. The molecule has 0 aliphatic carbocycles. The highest BCUT2D eigenvalue weighted by atomic mass is 16.5. The molecule has 26 heavy (non-hydrogen) atoms. The molecule has 1 spiro atoms. The molecule has 2 heterocycles. The molecule has 2 aliphatic rings. The first kappa shape index (κ1) is 19.8. The maximum Gasteiger partial charge on any atom is 0.117 e. The van der Waals surface area contributed by atoms with Gasteiger partial charge in [-0.25, -0.2) is 10.0 Å². The summed E-state index contributed by atoms with van der Waals surface area (Å²) in [6, 6.07) is 10.8. The largest absolute Gasteiger partial charge is 0.369 e. The molecule has 4 heteroatoms. The molecule has 1 N–H and O–H groups in total. The summed E-state index contributed by atoms with van der Waals surface area (Å²) in [4.78, 5) is 0. The van der Waals surface area contributed by atoms with Gasteiger partial charge in [-0.05, 0) is 24.8 Å². The zero-order valence-electron chi connectivity index (χ0n) is 16.8. The summed E-state index contributed by atoms with van der Waals surface area (Å²) in [6.07, 6.45) is 9.03. The number of unbranched alkanes of at least 4 members (excludes halogenated alkanes) is 4. The highest BCUT2D eigenvalue weighted by Gasteiger charge is 2.55. The Morgan fingerprint density at radius 2 is 1.77 bits per heavy atom. The third kappa shape index (κ3) is 4.30. The molecule has 2 unspecified atom stereocenters. The molecular weight excluding hydrogens is 322 g/mol. The van der Waals surface area contributed by atoms with Gasteiger partial charge in [-0.15, -0.1) is 0 Å². The van der Waals surface area contributed by atoms with Gasteiger partial charge in [0.1, 0.15) is 11.8 Å². The van der Waals surface area contributed by atoms with Crippen LogP contribution in [0.15, 0.2) is 30.3 Å². The van der Waals surface area contributed by atoms with E-state index in [9.17, 15) is 0 Å². The molecular formula is C22H37N3O. The third-order valence-electron chi connectivity index (χ3n) is 5.90. The number of hydrogen-bond acceptors (Lipinski definition) is 4. The van der Waals surface area contributed by atoms with E-state index in [2.05, 4.69) is 59.5 Å². The van der Waals surface area contributed by atoms with E-state index >= 15 is 0 Å². The van der Waals surface area contributed by atoms with Crippen molar-refractivity contribution >= 4 is 0 Å². The summed E-state index contributed by atoms with van der Waals surface area (Å²) in [6.45, 7) is 9.78. The SMILES string of the molecule is CCCCCN(CCCCC)N1CCC12NCCOC2c1ccccc1. The molecule has 2 fully saturated rings. The van der Waals surface area contributed by atoms with Gasteiger partial charge in [-0.3, -0.25) is 5.32 Å². The Morgan fingerprint density at radius 3 is 2.35 bits per heavy atom. The number of nitrogens with one attached hydrogen (secondary N) is 1. The van der Waals surface area contributed by atoms with Crippen molar-refractivity contribution in [1.29, 1.82) is 0 Å². The second-order valence-electron chi connectivity index (χ2n) is 7.75. The lowest BCUT2D eigenvalue weighted by atomic mass is 9.84. The molecule has 1 aromatic rings. The lowest BCUT2D eigenvalue weighted by Gasteiger charge is -2.61. The van der Waals surface area contributed by atoms with Gasteiger partial charge in [-0.2, -0.15) is 0 Å². The fourth-order valence-electron chi connectivity index (χ4n) is 4.41. The predicted octanol–water partition coefficient (Wildman–Crippen LogP) is 4.35. The van der Waals surface area contributed by atoms with Gasteiger partial charge in [0.05, 0.1) is 6.61 Å². The van der Waals surface area contributed by atoms with Crippen molar-refractivity contribution in [3.63, 3.8) is 0 Å². The van der Waals surface area contributed by atoms with Crippen LogP contribution in [-0.4, -0.2) is 48.5 Å². The Bertz CT molecular complexity index is 513. The molecule has 0 saturated carbocycles. The molecule has 1 aromatic carbocycles. The molecule has 146 valence electrons. The lowest BCUT2D eigenvalue weighted by Crippen LogP contribution is -2.77. The Hall–Kier alpha value is -0.940. The van der Waals surface area contributed by atoms with Gasteiger partial charge in [0.25, 0.3) is 0 Å². The Kier molecular flexibility index (Phi) is 7.50. The van der Waals surface area contributed by atoms with Crippen LogP contribution in [0.1, 0.15) is 70.5 Å². The van der Waals surface area contributed by atoms with Gasteiger partial charge in [0.2, 0.25) is 0 Å². The second kappa shape index (κ2) is 9.84. The number of hydrazine groups is 1. The van der Waals surface area contributed by atoms with Gasteiger partial charge < -0.3 is 4.74 Å². The van der Waals surface area contributed by atoms with Crippen molar-refractivity contribution in [2.75, 3.05) is 32.8 Å². The standard InChI is InChI=1S/C22H37N3O/c1-3-5-10-16-24(17-11-6-4-2)25-18-14-22(25)21(26-19-15-23-22)20-12-8-7-9-13-20/h7-9,12-13,21,23H,3-6,10-11,14-19H2,1-2H3. The normalized spacial score (nSPS) is 26.3. The molecule has 4 nitrogen and oxygen atoms in total. The minimum Gasteiger partial charge on any atom is -0.369 e.